The van der Waals surface area contributed by atoms with E-state index < -0.39 is 0 Å². The Bertz CT molecular complexity index is 128. The fourth-order valence-corrected chi connectivity index (χ4v) is 2.03. The summed E-state index contributed by atoms with van der Waals surface area (Å²) in [6.07, 6.45) is 3.90. The first kappa shape index (κ1) is 10.5. The van der Waals surface area contributed by atoms with Crippen LogP contribution in [0.3, 0.4) is 0 Å². The molecule has 1 nitrogen and oxygen atoms in total. The normalized spacial score (nSPS) is 25.8. The highest BCUT2D eigenvalue weighted by Crippen LogP contribution is 2.31. The van der Waals surface area contributed by atoms with Crippen LogP contribution in [0.25, 0.3) is 0 Å². The number of halogens is 1. The summed E-state index contributed by atoms with van der Waals surface area (Å²) in [5.41, 5.74) is 0.436. The molecular weight excluding hydrogens is 216 g/mol. The minimum absolute atomic E-state index is 0.436. The van der Waals surface area contributed by atoms with Crippen LogP contribution in [-0.4, -0.2) is 18.5 Å². The molecule has 0 unspecified atom stereocenters. The summed E-state index contributed by atoms with van der Waals surface area (Å²) >= 11 is 3.56. The molecule has 1 rings (SSSR count). The molecule has 1 atom stereocenters. The molecule has 2 heteroatoms. The van der Waals surface area contributed by atoms with Gasteiger partial charge in [0.15, 0.2) is 0 Å². The number of alkyl halides is 1. The van der Waals surface area contributed by atoms with Gasteiger partial charge in [0.2, 0.25) is 0 Å². The van der Waals surface area contributed by atoms with Crippen molar-refractivity contribution in [3.63, 3.8) is 0 Å². The van der Waals surface area contributed by atoms with Crippen molar-refractivity contribution in [2.45, 2.75) is 33.1 Å². The summed E-state index contributed by atoms with van der Waals surface area (Å²) in [6.45, 7) is 6.59. The van der Waals surface area contributed by atoms with Crippen LogP contribution in [0.15, 0.2) is 0 Å². The summed E-state index contributed by atoms with van der Waals surface area (Å²) in [5, 5.41) is 1.09. The lowest BCUT2D eigenvalue weighted by Crippen LogP contribution is -2.25. The van der Waals surface area contributed by atoms with E-state index in [1.54, 1.807) is 0 Å². The van der Waals surface area contributed by atoms with Gasteiger partial charge in [-0.05, 0) is 30.6 Å². The van der Waals surface area contributed by atoms with Crippen LogP contribution in [0.4, 0.5) is 0 Å². The van der Waals surface area contributed by atoms with Gasteiger partial charge >= 0.3 is 0 Å². The fraction of sp³-hybridized carbons (Fsp3) is 1.00. The van der Waals surface area contributed by atoms with Gasteiger partial charge in [0.1, 0.15) is 0 Å². The molecule has 0 spiro atoms. The van der Waals surface area contributed by atoms with E-state index in [9.17, 15) is 0 Å². The fourth-order valence-electron chi connectivity index (χ4n) is 1.80. The smallest absolute Gasteiger partial charge is 0.0494 e. The van der Waals surface area contributed by atoms with Crippen molar-refractivity contribution in [2.24, 2.45) is 11.3 Å². The van der Waals surface area contributed by atoms with E-state index in [0.717, 1.165) is 24.5 Å². The van der Waals surface area contributed by atoms with E-state index in [-0.39, 0.29) is 0 Å². The van der Waals surface area contributed by atoms with E-state index >= 15 is 0 Å². The Morgan fingerprint density at radius 3 is 2.75 bits per heavy atom. The maximum absolute atomic E-state index is 5.46. The molecule has 1 aliphatic rings. The maximum atomic E-state index is 5.46. The molecule has 0 aromatic heterocycles. The summed E-state index contributed by atoms with van der Waals surface area (Å²) < 4.78 is 5.46. The summed E-state index contributed by atoms with van der Waals surface area (Å²) in [5.74, 6) is 0.797. The zero-order valence-electron chi connectivity index (χ0n) is 8.11. The summed E-state index contributed by atoms with van der Waals surface area (Å²) in [7, 11) is 0. The number of hydrogen-bond acceptors (Lipinski definition) is 1. The van der Waals surface area contributed by atoms with E-state index in [0.29, 0.717) is 5.41 Å². The van der Waals surface area contributed by atoms with Gasteiger partial charge in [0, 0.05) is 18.5 Å². The Balaban J connectivity index is 2.28. The van der Waals surface area contributed by atoms with Crippen LogP contribution < -0.4 is 0 Å². The van der Waals surface area contributed by atoms with Crippen molar-refractivity contribution in [1.82, 2.24) is 0 Å². The first-order chi connectivity index (χ1) is 5.64. The predicted octanol–water partition coefficient (Wildman–Crippen LogP) is 3.22. The maximum Gasteiger partial charge on any atom is 0.0494 e. The molecule has 0 aliphatic carbocycles. The number of hydrogen-bond donors (Lipinski definition) is 0. The van der Waals surface area contributed by atoms with E-state index in [1.807, 2.05) is 0 Å². The highest BCUT2D eigenvalue weighted by molar-refractivity contribution is 9.09. The van der Waals surface area contributed by atoms with Gasteiger partial charge in [-0.25, -0.2) is 0 Å². The minimum Gasteiger partial charge on any atom is -0.381 e. The van der Waals surface area contributed by atoms with Crippen molar-refractivity contribution in [2.75, 3.05) is 18.5 Å². The molecule has 1 aliphatic heterocycles. The molecule has 12 heavy (non-hydrogen) atoms. The minimum atomic E-state index is 0.436. The average Bonchev–Trinajstić information content (AvgIpc) is 2.06. The Morgan fingerprint density at radius 1 is 1.50 bits per heavy atom. The molecule has 0 saturated carbocycles. The second kappa shape index (κ2) is 4.61. The molecule has 0 aromatic carbocycles. The molecule has 0 bridgehead atoms. The second-order valence-corrected chi connectivity index (χ2v) is 5.15. The van der Waals surface area contributed by atoms with E-state index in [4.69, 9.17) is 4.74 Å². The largest absolute Gasteiger partial charge is 0.381 e. The topological polar surface area (TPSA) is 9.23 Å². The van der Waals surface area contributed by atoms with Crippen molar-refractivity contribution in [1.29, 1.82) is 0 Å². The molecular formula is C10H19BrO. The zero-order valence-corrected chi connectivity index (χ0v) is 9.69. The monoisotopic (exact) mass is 234 g/mol. The number of ether oxygens (including phenoxy) is 1. The summed E-state index contributed by atoms with van der Waals surface area (Å²) in [4.78, 5) is 0. The predicted molar refractivity (Wildman–Crippen MR) is 55.7 cm³/mol. The van der Waals surface area contributed by atoms with Gasteiger partial charge < -0.3 is 4.74 Å². The first-order valence-electron chi connectivity index (χ1n) is 4.78. The lowest BCUT2D eigenvalue weighted by Gasteiger charge is -2.30. The molecule has 0 amide bonds. The lowest BCUT2D eigenvalue weighted by atomic mass is 9.82. The molecule has 0 aromatic rings. The van der Waals surface area contributed by atoms with Crippen LogP contribution in [-0.2, 0) is 4.74 Å². The SMILES string of the molecule is CC(C)(CBr)C[C@@H]1CCCOC1. The highest BCUT2D eigenvalue weighted by atomic mass is 79.9. The van der Waals surface area contributed by atoms with E-state index in [2.05, 4.69) is 29.8 Å². The molecule has 72 valence electrons. The lowest BCUT2D eigenvalue weighted by molar-refractivity contribution is 0.0394. The quantitative estimate of drug-likeness (QED) is 0.682. The Kier molecular flexibility index (Phi) is 4.04. The van der Waals surface area contributed by atoms with Crippen LogP contribution >= 0.6 is 15.9 Å². The third kappa shape index (κ3) is 3.44. The van der Waals surface area contributed by atoms with Gasteiger partial charge in [-0.1, -0.05) is 29.8 Å². The van der Waals surface area contributed by atoms with Crippen molar-refractivity contribution in [3.05, 3.63) is 0 Å². The first-order valence-corrected chi connectivity index (χ1v) is 5.90. The molecule has 0 N–H and O–H groups in total. The van der Waals surface area contributed by atoms with Gasteiger partial charge in [-0.3, -0.25) is 0 Å². The van der Waals surface area contributed by atoms with Crippen LogP contribution in [0.2, 0.25) is 0 Å². The van der Waals surface area contributed by atoms with Gasteiger partial charge in [0.25, 0.3) is 0 Å². The Hall–Kier alpha value is 0.440. The molecule has 0 radical (unpaired) electrons. The highest BCUT2D eigenvalue weighted by Gasteiger charge is 2.23. The average molecular weight is 235 g/mol. The van der Waals surface area contributed by atoms with Crippen molar-refractivity contribution < 1.29 is 4.74 Å². The third-order valence-electron chi connectivity index (χ3n) is 2.46. The standard InChI is InChI=1S/C10H19BrO/c1-10(2,8-11)6-9-4-3-5-12-7-9/h9H,3-8H2,1-2H3/t9-/m0/s1. The second-order valence-electron chi connectivity index (χ2n) is 4.59. The third-order valence-corrected chi connectivity index (χ3v) is 3.98. The van der Waals surface area contributed by atoms with Crippen molar-refractivity contribution >= 4 is 15.9 Å². The van der Waals surface area contributed by atoms with Gasteiger partial charge in [0.05, 0.1) is 0 Å². The Morgan fingerprint density at radius 2 is 2.25 bits per heavy atom. The molecule has 1 fully saturated rings. The van der Waals surface area contributed by atoms with Gasteiger partial charge in [-0.15, -0.1) is 0 Å². The van der Waals surface area contributed by atoms with Crippen molar-refractivity contribution in [3.8, 4) is 0 Å². The number of rotatable bonds is 3. The van der Waals surface area contributed by atoms with Gasteiger partial charge in [-0.2, -0.15) is 0 Å². The van der Waals surface area contributed by atoms with Crippen LogP contribution in [0.1, 0.15) is 33.1 Å². The molecule has 1 heterocycles. The zero-order chi connectivity index (χ0) is 9.03. The van der Waals surface area contributed by atoms with E-state index in [1.165, 1.54) is 19.3 Å². The molecule has 1 saturated heterocycles. The van der Waals surface area contributed by atoms with Crippen LogP contribution in [0.5, 0.6) is 0 Å². The van der Waals surface area contributed by atoms with Crippen LogP contribution in [0, 0.1) is 11.3 Å². The Labute approximate surface area is 84.0 Å². The summed E-state index contributed by atoms with van der Waals surface area (Å²) in [6, 6.07) is 0.